The summed E-state index contributed by atoms with van der Waals surface area (Å²) >= 11 is 0. The number of ketones is 1. The fraction of sp³-hybridized carbons (Fsp3) is 0.421. The van der Waals surface area contributed by atoms with E-state index in [0.29, 0.717) is 13.0 Å². The molecule has 1 aliphatic carbocycles. The molecule has 0 unspecified atom stereocenters. The van der Waals surface area contributed by atoms with Gasteiger partial charge in [-0.3, -0.25) is 9.59 Å². The first-order valence-corrected chi connectivity index (χ1v) is 8.21. The lowest BCUT2D eigenvalue weighted by molar-refractivity contribution is -0.176. The van der Waals surface area contributed by atoms with Crippen LogP contribution in [0.2, 0.25) is 0 Å². The Kier molecular flexibility index (Phi) is 4.03. The van der Waals surface area contributed by atoms with Gasteiger partial charge in [0.15, 0.2) is 5.41 Å². The molecule has 1 saturated carbocycles. The standard InChI is InChI=1S/C19H21NO4/c1-4-13-12-18(17(22)24-6-3)15(21)16(23-5-2)20-19(13,18)14-10-8-7-9-11-14/h4,7-11,13H,1,5-6,12H2,2-3H3/t13-,18+,19-/m0/s1. The maximum Gasteiger partial charge on any atom is 0.323 e. The van der Waals surface area contributed by atoms with Gasteiger partial charge in [0.2, 0.25) is 5.78 Å². The summed E-state index contributed by atoms with van der Waals surface area (Å²) in [7, 11) is 0. The number of esters is 1. The third-order valence-electron chi connectivity index (χ3n) is 4.98. The van der Waals surface area contributed by atoms with Gasteiger partial charge < -0.3 is 9.47 Å². The molecule has 1 aliphatic heterocycles. The fourth-order valence-corrected chi connectivity index (χ4v) is 3.95. The third kappa shape index (κ3) is 1.84. The first-order chi connectivity index (χ1) is 11.6. The molecular formula is C19H21NO4. The number of carbonyl (C=O) groups is 2. The van der Waals surface area contributed by atoms with Crippen molar-refractivity contribution in [3.63, 3.8) is 0 Å². The van der Waals surface area contributed by atoms with Crippen molar-refractivity contribution in [2.45, 2.75) is 25.8 Å². The summed E-state index contributed by atoms with van der Waals surface area (Å²) < 4.78 is 10.7. The highest BCUT2D eigenvalue weighted by molar-refractivity contribution is 6.45. The molecule has 1 aromatic rings. The molecule has 3 atom stereocenters. The predicted octanol–water partition coefficient (Wildman–Crippen LogP) is 2.66. The first-order valence-electron chi connectivity index (χ1n) is 8.21. The number of carbonyl (C=O) groups excluding carboxylic acids is 2. The molecule has 3 rings (SSSR count). The maximum absolute atomic E-state index is 13.0. The molecular weight excluding hydrogens is 306 g/mol. The number of aliphatic imine (C=N–C) groups is 1. The second kappa shape index (κ2) is 5.89. The number of nitrogens with zero attached hydrogens (tertiary/aromatic N) is 1. The van der Waals surface area contributed by atoms with Gasteiger partial charge in [-0.25, -0.2) is 4.99 Å². The molecule has 0 N–H and O–H groups in total. The number of benzene rings is 1. The zero-order valence-corrected chi connectivity index (χ0v) is 14.0. The lowest BCUT2D eigenvalue weighted by Crippen LogP contribution is -2.65. The van der Waals surface area contributed by atoms with E-state index in [1.807, 2.05) is 30.3 Å². The van der Waals surface area contributed by atoms with Crippen LogP contribution in [0.5, 0.6) is 0 Å². The van der Waals surface area contributed by atoms with Crippen molar-refractivity contribution in [1.82, 2.24) is 0 Å². The van der Waals surface area contributed by atoms with Crippen molar-refractivity contribution in [2.75, 3.05) is 13.2 Å². The molecule has 0 amide bonds. The smallest absolute Gasteiger partial charge is 0.323 e. The van der Waals surface area contributed by atoms with Crippen LogP contribution in [0.3, 0.4) is 0 Å². The monoisotopic (exact) mass is 327 g/mol. The van der Waals surface area contributed by atoms with Crippen LogP contribution in [0.15, 0.2) is 48.0 Å². The summed E-state index contributed by atoms with van der Waals surface area (Å²) in [6, 6.07) is 9.40. The second-order valence-electron chi connectivity index (χ2n) is 5.98. The zero-order valence-electron chi connectivity index (χ0n) is 14.0. The Morgan fingerprint density at radius 3 is 2.62 bits per heavy atom. The van der Waals surface area contributed by atoms with E-state index in [4.69, 9.17) is 9.47 Å². The normalized spacial score (nSPS) is 30.8. The number of Topliss-reactive ketones (excluding diaryl/α,β-unsaturated/α-hetero) is 1. The zero-order chi connectivity index (χ0) is 17.4. The van der Waals surface area contributed by atoms with Crippen molar-refractivity contribution in [3.8, 4) is 0 Å². The molecule has 5 heteroatoms. The first kappa shape index (κ1) is 16.4. The summed E-state index contributed by atoms with van der Waals surface area (Å²) in [5.41, 5.74) is -1.57. The SMILES string of the molecule is C=C[C@H]1C[C@]2(C(=O)OCC)C(=O)C(OCC)=N[C@]12c1ccccc1. The van der Waals surface area contributed by atoms with Crippen LogP contribution in [0, 0.1) is 11.3 Å². The summed E-state index contributed by atoms with van der Waals surface area (Å²) in [5.74, 6) is -1.04. The molecule has 24 heavy (non-hydrogen) atoms. The highest BCUT2D eigenvalue weighted by atomic mass is 16.5. The van der Waals surface area contributed by atoms with E-state index in [1.165, 1.54) is 0 Å². The quantitative estimate of drug-likeness (QED) is 0.474. The molecule has 0 aromatic heterocycles. The summed E-state index contributed by atoms with van der Waals surface area (Å²) in [6.07, 6.45) is 2.10. The highest BCUT2D eigenvalue weighted by Crippen LogP contribution is 2.67. The Hall–Kier alpha value is -2.43. The van der Waals surface area contributed by atoms with Crippen LogP contribution < -0.4 is 0 Å². The Morgan fingerprint density at radius 1 is 1.33 bits per heavy atom. The van der Waals surface area contributed by atoms with Gasteiger partial charge in [-0.2, -0.15) is 0 Å². The van der Waals surface area contributed by atoms with Crippen LogP contribution in [0.25, 0.3) is 0 Å². The molecule has 0 radical (unpaired) electrons. The van der Waals surface area contributed by atoms with E-state index in [1.54, 1.807) is 19.9 Å². The molecule has 0 spiro atoms. The van der Waals surface area contributed by atoms with Crippen LogP contribution >= 0.6 is 0 Å². The number of rotatable bonds is 5. The van der Waals surface area contributed by atoms with E-state index in [-0.39, 0.29) is 24.2 Å². The van der Waals surface area contributed by atoms with Gasteiger partial charge in [0, 0.05) is 5.92 Å². The highest BCUT2D eigenvalue weighted by Gasteiger charge is 2.78. The third-order valence-corrected chi connectivity index (χ3v) is 4.98. The van der Waals surface area contributed by atoms with Crippen LogP contribution in [0.1, 0.15) is 25.8 Å². The van der Waals surface area contributed by atoms with Crippen molar-refractivity contribution < 1.29 is 19.1 Å². The number of hydrogen-bond donors (Lipinski definition) is 0. The van der Waals surface area contributed by atoms with Gasteiger partial charge in [-0.05, 0) is 25.8 Å². The summed E-state index contributed by atoms with van der Waals surface area (Å²) in [4.78, 5) is 30.5. The fourth-order valence-electron chi connectivity index (χ4n) is 3.95. The van der Waals surface area contributed by atoms with Gasteiger partial charge in [0.25, 0.3) is 5.90 Å². The van der Waals surface area contributed by atoms with Gasteiger partial charge in [0.05, 0.1) is 13.2 Å². The maximum atomic E-state index is 13.0. The molecule has 0 bridgehead atoms. The lowest BCUT2D eigenvalue weighted by atomic mass is 9.46. The topological polar surface area (TPSA) is 65.0 Å². The largest absolute Gasteiger partial charge is 0.476 e. The minimum atomic E-state index is -1.35. The van der Waals surface area contributed by atoms with Gasteiger partial charge >= 0.3 is 5.97 Å². The predicted molar refractivity (Wildman–Crippen MR) is 89.6 cm³/mol. The van der Waals surface area contributed by atoms with Crippen molar-refractivity contribution in [2.24, 2.45) is 16.3 Å². The average Bonchev–Trinajstić information content (AvgIpc) is 2.76. The van der Waals surface area contributed by atoms with Crippen LogP contribution in [0.4, 0.5) is 0 Å². The summed E-state index contributed by atoms with van der Waals surface area (Å²) in [6.45, 7) is 7.91. The van der Waals surface area contributed by atoms with Gasteiger partial charge in [0.1, 0.15) is 5.54 Å². The molecule has 126 valence electrons. The van der Waals surface area contributed by atoms with Crippen LogP contribution in [-0.4, -0.2) is 30.9 Å². The minimum Gasteiger partial charge on any atom is -0.476 e. The molecule has 1 fully saturated rings. The van der Waals surface area contributed by atoms with Crippen molar-refractivity contribution in [3.05, 3.63) is 48.6 Å². The second-order valence-corrected chi connectivity index (χ2v) is 5.98. The van der Waals surface area contributed by atoms with Gasteiger partial charge in [-0.1, -0.05) is 36.4 Å². The van der Waals surface area contributed by atoms with E-state index >= 15 is 0 Å². The van der Waals surface area contributed by atoms with E-state index < -0.39 is 16.9 Å². The van der Waals surface area contributed by atoms with Crippen molar-refractivity contribution in [1.29, 1.82) is 0 Å². The van der Waals surface area contributed by atoms with E-state index in [0.717, 1.165) is 5.56 Å². The average molecular weight is 327 g/mol. The molecule has 0 saturated heterocycles. The minimum absolute atomic E-state index is 0.0127. The van der Waals surface area contributed by atoms with E-state index in [9.17, 15) is 9.59 Å². The number of fused-ring (bicyclic) bond motifs is 1. The Labute approximate surface area is 141 Å². The Bertz CT molecular complexity index is 711. The van der Waals surface area contributed by atoms with Crippen molar-refractivity contribution >= 4 is 17.7 Å². The van der Waals surface area contributed by atoms with E-state index in [2.05, 4.69) is 11.6 Å². The molecule has 5 nitrogen and oxygen atoms in total. The van der Waals surface area contributed by atoms with Gasteiger partial charge in [-0.15, -0.1) is 6.58 Å². The Balaban J connectivity index is 2.22. The number of hydrogen-bond acceptors (Lipinski definition) is 5. The Morgan fingerprint density at radius 2 is 2.04 bits per heavy atom. The number of ether oxygens (including phenoxy) is 2. The lowest BCUT2D eigenvalue weighted by Gasteiger charge is -2.54. The molecule has 2 aliphatic rings. The molecule has 1 aromatic carbocycles. The molecule has 1 heterocycles. The van der Waals surface area contributed by atoms with Crippen LogP contribution in [-0.2, 0) is 24.6 Å². The summed E-state index contributed by atoms with van der Waals surface area (Å²) in [5, 5.41) is 0.